The van der Waals surface area contributed by atoms with Crippen LogP contribution in [-0.4, -0.2) is 5.78 Å². The Hall–Kier alpha value is -0.820. The molecule has 1 aromatic carbocycles. The van der Waals surface area contributed by atoms with Gasteiger partial charge in [-0.1, -0.05) is 32.4 Å². The van der Waals surface area contributed by atoms with E-state index in [1.807, 2.05) is 20.8 Å². The van der Waals surface area contributed by atoms with Crippen LogP contribution < -0.4 is 0 Å². The number of carbonyl (C=O) groups excluding carboxylic acids is 1. The van der Waals surface area contributed by atoms with Gasteiger partial charge in [-0.25, -0.2) is 0 Å². The molecule has 1 nitrogen and oxygen atoms in total. The van der Waals surface area contributed by atoms with E-state index in [0.717, 1.165) is 12.0 Å². The van der Waals surface area contributed by atoms with Gasteiger partial charge in [-0.2, -0.15) is 0 Å². The van der Waals surface area contributed by atoms with Crippen LogP contribution in [0.3, 0.4) is 0 Å². The average Bonchev–Trinajstić information content (AvgIpc) is 2.22. The van der Waals surface area contributed by atoms with E-state index in [1.165, 1.54) is 0 Å². The van der Waals surface area contributed by atoms with E-state index < -0.39 is 0 Å². The summed E-state index contributed by atoms with van der Waals surface area (Å²) in [6.07, 6.45) is 1.50. The number of halogens is 1. The molecule has 0 radical (unpaired) electrons. The summed E-state index contributed by atoms with van der Waals surface area (Å²) in [6.45, 7) is 5.99. The SMILES string of the molecule is CC.CCCC(=O)c1ccc(Cl)cc1. The maximum absolute atomic E-state index is 11.3. The van der Waals surface area contributed by atoms with E-state index in [1.54, 1.807) is 24.3 Å². The van der Waals surface area contributed by atoms with Gasteiger partial charge in [0.15, 0.2) is 5.78 Å². The molecule has 0 spiro atoms. The van der Waals surface area contributed by atoms with Crippen molar-refractivity contribution in [2.75, 3.05) is 0 Å². The minimum absolute atomic E-state index is 0.189. The van der Waals surface area contributed by atoms with Crippen molar-refractivity contribution in [2.45, 2.75) is 33.6 Å². The van der Waals surface area contributed by atoms with Crippen LogP contribution in [0, 0.1) is 0 Å². The summed E-state index contributed by atoms with van der Waals surface area (Å²) in [5.41, 5.74) is 0.751. The van der Waals surface area contributed by atoms with Gasteiger partial charge in [0.05, 0.1) is 0 Å². The molecule has 0 aliphatic carbocycles. The molecule has 0 atom stereocenters. The summed E-state index contributed by atoms with van der Waals surface area (Å²) in [5.74, 6) is 0.189. The molecule has 14 heavy (non-hydrogen) atoms. The lowest BCUT2D eigenvalue weighted by atomic mass is 10.1. The van der Waals surface area contributed by atoms with Crippen molar-refractivity contribution < 1.29 is 4.79 Å². The maximum Gasteiger partial charge on any atom is 0.162 e. The average molecular weight is 213 g/mol. The van der Waals surface area contributed by atoms with Crippen LogP contribution in [0.2, 0.25) is 5.02 Å². The predicted molar refractivity (Wildman–Crippen MR) is 62.0 cm³/mol. The number of benzene rings is 1. The van der Waals surface area contributed by atoms with Gasteiger partial charge in [-0.15, -0.1) is 0 Å². The first-order valence-electron chi connectivity index (χ1n) is 5.03. The van der Waals surface area contributed by atoms with Gasteiger partial charge in [0.1, 0.15) is 0 Å². The first-order chi connectivity index (χ1) is 6.74. The molecule has 0 bridgehead atoms. The largest absolute Gasteiger partial charge is 0.294 e. The second-order valence-corrected chi connectivity index (χ2v) is 3.12. The first-order valence-corrected chi connectivity index (χ1v) is 5.40. The molecule has 0 aliphatic heterocycles. The Kier molecular flexibility index (Phi) is 7.13. The minimum Gasteiger partial charge on any atom is -0.294 e. The Morgan fingerprint density at radius 3 is 2.14 bits per heavy atom. The second-order valence-electron chi connectivity index (χ2n) is 2.68. The summed E-state index contributed by atoms with van der Waals surface area (Å²) in [6, 6.07) is 7.01. The maximum atomic E-state index is 11.3. The van der Waals surface area contributed by atoms with Crippen molar-refractivity contribution in [1.29, 1.82) is 0 Å². The third-order valence-electron chi connectivity index (χ3n) is 1.64. The van der Waals surface area contributed by atoms with Crippen LogP contribution in [0.4, 0.5) is 0 Å². The molecular formula is C12H17ClO. The Bertz CT molecular complexity index is 264. The summed E-state index contributed by atoms with van der Waals surface area (Å²) in [7, 11) is 0. The third-order valence-corrected chi connectivity index (χ3v) is 1.90. The van der Waals surface area contributed by atoms with Gasteiger partial charge in [0, 0.05) is 17.0 Å². The van der Waals surface area contributed by atoms with E-state index in [-0.39, 0.29) is 5.78 Å². The third kappa shape index (κ3) is 4.43. The summed E-state index contributed by atoms with van der Waals surface area (Å²) in [5, 5.41) is 0.669. The first kappa shape index (κ1) is 13.2. The number of Topliss-reactive ketones (excluding diaryl/α,β-unsaturated/α-hetero) is 1. The molecule has 0 aliphatic rings. The normalized spacial score (nSPS) is 8.86. The minimum atomic E-state index is 0.189. The van der Waals surface area contributed by atoms with Crippen molar-refractivity contribution >= 4 is 17.4 Å². The van der Waals surface area contributed by atoms with Gasteiger partial charge in [-0.3, -0.25) is 4.79 Å². The predicted octanol–water partition coefficient (Wildman–Crippen LogP) is 4.35. The summed E-state index contributed by atoms with van der Waals surface area (Å²) in [4.78, 5) is 11.3. The van der Waals surface area contributed by atoms with Gasteiger partial charge in [0.2, 0.25) is 0 Å². The molecule has 0 saturated heterocycles. The van der Waals surface area contributed by atoms with Gasteiger partial charge < -0.3 is 0 Å². The van der Waals surface area contributed by atoms with Crippen molar-refractivity contribution in [3.63, 3.8) is 0 Å². The Morgan fingerprint density at radius 2 is 1.71 bits per heavy atom. The van der Waals surface area contributed by atoms with Gasteiger partial charge >= 0.3 is 0 Å². The highest BCUT2D eigenvalue weighted by atomic mass is 35.5. The highest BCUT2D eigenvalue weighted by Crippen LogP contribution is 2.11. The fourth-order valence-corrected chi connectivity index (χ4v) is 1.13. The van der Waals surface area contributed by atoms with Crippen molar-refractivity contribution in [2.24, 2.45) is 0 Å². The summed E-state index contributed by atoms with van der Waals surface area (Å²) < 4.78 is 0. The molecule has 0 aromatic heterocycles. The molecule has 2 heteroatoms. The number of hydrogen-bond acceptors (Lipinski definition) is 1. The molecule has 0 heterocycles. The smallest absolute Gasteiger partial charge is 0.162 e. The van der Waals surface area contributed by atoms with Crippen molar-refractivity contribution in [1.82, 2.24) is 0 Å². The lowest BCUT2D eigenvalue weighted by Crippen LogP contribution is -1.96. The quantitative estimate of drug-likeness (QED) is 0.681. The fourth-order valence-electron chi connectivity index (χ4n) is 1.01. The van der Waals surface area contributed by atoms with Crippen LogP contribution in [0.1, 0.15) is 44.0 Å². The molecule has 0 saturated carbocycles. The van der Waals surface area contributed by atoms with Gasteiger partial charge in [0.25, 0.3) is 0 Å². The zero-order valence-corrected chi connectivity index (χ0v) is 9.77. The molecule has 0 N–H and O–H groups in total. The van der Waals surface area contributed by atoms with E-state index in [9.17, 15) is 4.79 Å². The lowest BCUT2D eigenvalue weighted by Gasteiger charge is -1.97. The Balaban J connectivity index is 0.000000791. The van der Waals surface area contributed by atoms with E-state index >= 15 is 0 Å². The molecule has 1 aromatic rings. The van der Waals surface area contributed by atoms with Crippen LogP contribution in [0.25, 0.3) is 0 Å². The molecular weight excluding hydrogens is 196 g/mol. The monoisotopic (exact) mass is 212 g/mol. The zero-order chi connectivity index (χ0) is 11.0. The van der Waals surface area contributed by atoms with Crippen LogP contribution in [-0.2, 0) is 0 Å². The molecule has 78 valence electrons. The highest BCUT2D eigenvalue weighted by Gasteiger charge is 2.02. The molecule has 0 unspecified atom stereocenters. The van der Waals surface area contributed by atoms with Crippen LogP contribution >= 0.6 is 11.6 Å². The molecule has 0 amide bonds. The number of rotatable bonds is 3. The lowest BCUT2D eigenvalue weighted by molar-refractivity contribution is 0.0982. The van der Waals surface area contributed by atoms with E-state index in [2.05, 4.69) is 0 Å². The number of ketones is 1. The van der Waals surface area contributed by atoms with E-state index in [4.69, 9.17) is 11.6 Å². The number of hydrogen-bond donors (Lipinski definition) is 0. The van der Waals surface area contributed by atoms with Crippen LogP contribution in [0.5, 0.6) is 0 Å². The van der Waals surface area contributed by atoms with Gasteiger partial charge in [-0.05, 0) is 30.7 Å². The Morgan fingerprint density at radius 1 is 1.21 bits per heavy atom. The fraction of sp³-hybridized carbons (Fsp3) is 0.417. The van der Waals surface area contributed by atoms with E-state index in [0.29, 0.717) is 11.4 Å². The van der Waals surface area contributed by atoms with Crippen molar-refractivity contribution in [3.8, 4) is 0 Å². The topological polar surface area (TPSA) is 17.1 Å². The summed E-state index contributed by atoms with van der Waals surface area (Å²) >= 11 is 5.68. The molecule has 0 fully saturated rings. The van der Waals surface area contributed by atoms with Crippen molar-refractivity contribution in [3.05, 3.63) is 34.9 Å². The van der Waals surface area contributed by atoms with Crippen LogP contribution in [0.15, 0.2) is 24.3 Å². The molecule has 1 rings (SSSR count). The second kappa shape index (κ2) is 7.57. The number of carbonyl (C=O) groups is 1. The Labute approximate surface area is 91.1 Å². The highest BCUT2D eigenvalue weighted by molar-refractivity contribution is 6.30. The standard InChI is InChI=1S/C10H11ClO.C2H6/c1-2-3-10(12)8-4-6-9(11)7-5-8;1-2/h4-7H,2-3H2,1H3;1-2H3. The zero-order valence-electron chi connectivity index (χ0n) is 9.01.